The molecule has 1 fully saturated rings. The highest BCUT2D eigenvalue weighted by atomic mass is 16.6. The van der Waals surface area contributed by atoms with Gasteiger partial charge in [0.1, 0.15) is 29.8 Å². The summed E-state index contributed by atoms with van der Waals surface area (Å²) in [6, 6.07) is 0. The first-order valence-corrected chi connectivity index (χ1v) is 6.64. The summed E-state index contributed by atoms with van der Waals surface area (Å²) in [5.41, 5.74) is 0.806. The highest BCUT2D eigenvalue weighted by molar-refractivity contribution is 5.79. The molecule has 0 radical (unpaired) electrons. The Morgan fingerprint density at radius 3 is 2.71 bits per heavy atom. The van der Waals surface area contributed by atoms with Crippen molar-refractivity contribution in [1.29, 1.82) is 0 Å². The highest BCUT2D eigenvalue weighted by Gasteiger charge is 2.43. The van der Waals surface area contributed by atoms with E-state index in [0.29, 0.717) is 22.4 Å². The van der Waals surface area contributed by atoms with Crippen LogP contribution in [0.15, 0.2) is 11.0 Å². The molecule has 8 nitrogen and oxygen atoms in total. The Balaban J connectivity index is 2.16. The van der Waals surface area contributed by atoms with Crippen LogP contribution in [-0.2, 0) is 4.74 Å². The molecule has 3 heterocycles. The number of nitrogens with zero attached hydrogens (tertiary/aromatic N) is 2. The molecule has 4 N–H and O–H groups in total. The van der Waals surface area contributed by atoms with E-state index >= 15 is 0 Å². The van der Waals surface area contributed by atoms with E-state index in [1.807, 2.05) is 0 Å². The Hall–Kier alpha value is -1.74. The molecule has 3 rings (SSSR count). The molecule has 0 aliphatic carbocycles. The molecule has 8 heteroatoms. The normalized spacial score (nSPS) is 29.4. The van der Waals surface area contributed by atoms with Crippen molar-refractivity contribution in [3.63, 3.8) is 0 Å². The predicted molar refractivity (Wildman–Crippen MR) is 72.8 cm³/mol. The van der Waals surface area contributed by atoms with E-state index in [1.54, 1.807) is 20.0 Å². The molecule has 1 saturated heterocycles. The van der Waals surface area contributed by atoms with Gasteiger partial charge in [-0.3, -0.25) is 4.79 Å². The first-order chi connectivity index (χ1) is 9.93. The molecule has 0 unspecified atom stereocenters. The quantitative estimate of drug-likeness (QED) is 0.561. The number of rotatable bonds is 2. The second kappa shape index (κ2) is 4.92. The van der Waals surface area contributed by atoms with Gasteiger partial charge in [-0.15, -0.1) is 0 Å². The molecule has 0 bridgehead atoms. The van der Waals surface area contributed by atoms with Gasteiger partial charge in [0.2, 0.25) is 0 Å². The van der Waals surface area contributed by atoms with Gasteiger partial charge in [0.25, 0.3) is 5.56 Å². The van der Waals surface area contributed by atoms with Crippen molar-refractivity contribution in [2.75, 3.05) is 6.61 Å². The first-order valence-electron chi connectivity index (χ1n) is 6.64. The van der Waals surface area contributed by atoms with Crippen molar-refractivity contribution in [1.82, 2.24) is 14.5 Å². The topological polar surface area (TPSA) is 121 Å². The Bertz CT molecular complexity index is 737. The average Bonchev–Trinajstić information content (AvgIpc) is 2.89. The van der Waals surface area contributed by atoms with E-state index in [4.69, 9.17) is 9.84 Å². The third-order valence-corrected chi connectivity index (χ3v) is 3.78. The minimum absolute atomic E-state index is 0.263. The largest absolute Gasteiger partial charge is 0.394 e. The van der Waals surface area contributed by atoms with Crippen LogP contribution >= 0.6 is 0 Å². The summed E-state index contributed by atoms with van der Waals surface area (Å²) in [6.45, 7) is 3.01. The number of H-pyrrole nitrogens is 1. The Morgan fingerprint density at radius 1 is 1.38 bits per heavy atom. The monoisotopic (exact) mass is 295 g/mol. The van der Waals surface area contributed by atoms with Crippen LogP contribution in [0.25, 0.3) is 11.0 Å². The summed E-state index contributed by atoms with van der Waals surface area (Å²) in [5, 5.41) is 29.5. The molecule has 1 aliphatic rings. The lowest BCUT2D eigenvalue weighted by Gasteiger charge is -2.17. The number of aromatic nitrogens is 3. The van der Waals surface area contributed by atoms with E-state index in [-0.39, 0.29) is 5.56 Å². The minimum atomic E-state index is -1.21. The van der Waals surface area contributed by atoms with E-state index in [2.05, 4.69) is 9.97 Å². The molecule has 1 aliphatic heterocycles. The summed E-state index contributed by atoms with van der Waals surface area (Å²) in [6.07, 6.45) is -2.53. The zero-order chi connectivity index (χ0) is 15.3. The zero-order valence-corrected chi connectivity index (χ0v) is 11.6. The summed E-state index contributed by atoms with van der Waals surface area (Å²) >= 11 is 0. The number of aromatic amines is 1. The van der Waals surface area contributed by atoms with Crippen LogP contribution < -0.4 is 5.56 Å². The molecule has 0 spiro atoms. The van der Waals surface area contributed by atoms with Crippen LogP contribution in [0.1, 0.15) is 17.6 Å². The molecule has 0 saturated carbocycles. The van der Waals surface area contributed by atoms with Gasteiger partial charge in [-0.25, -0.2) is 4.98 Å². The van der Waals surface area contributed by atoms with Gasteiger partial charge in [-0.1, -0.05) is 0 Å². The lowest BCUT2D eigenvalue weighted by Crippen LogP contribution is -2.33. The van der Waals surface area contributed by atoms with Crippen LogP contribution in [0, 0.1) is 13.8 Å². The van der Waals surface area contributed by atoms with Gasteiger partial charge in [0.15, 0.2) is 6.23 Å². The standard InChI is InChI=1S/C13H17N3O5/c1-5-3-16(11-8(5)12(20)15-6(2)14-11)13-10(19)9(18)7(4-17)21-13/h3,7,9-10,13,17-19H,4H2,1-2H3,(H,14,15,20)/t7-,9-,10-,13-/m1/s1. The van der Waals surface area contributed by atoms with Crippen molar-refractivity contribution in [3.05, 3.63) is 27.9 Å². The highest BCUT2D eigenvalue weighted by Crippen LogP contribution is 2.32. The maximum Gasteiger partial charge on any atom is 0.260 e. The average molecular weight is 295 g/mol. The smallest absolute Gasteiger partial charge is 0.260 e. The van der Waals surface area contributed by atoms with Crippen molar-refractivity contribution in [2.24, 2.45) is 0 Å². The molecule has 0 amide bonds. The van der Waals surface area contributed by atoms with Crippen LogP contribution in [0.4, 0.5) is 0 Å². The number of aryl methyl sites for hydroxylation is 2. The summed E-state index contributed by atoms with van der Waals surface area (Å²) in [4.78, 5) is 18.9. The molecule has 4 atom stereocenters. The molecule has 0 aromatic carbocycles. The van der Waals surface area contributed by atoms with E-state index in [0.717, 1.165) is 0 Å². The number of fused-ring (bicyclic) bond motifs is 1. The van der Waals surface area contributed by atoms with Crippen LogP contribution in [0.2, 0.25) is 0 Å². The van der Waals surface area contributed by atoms with Gasteiger partial charge in [0.05, 0.1) is 12.0 Å². The van der Waals surface area contributed by atoms with Gasteiger partial charge in [-0.2, -0.15) is 0 Å². The molecule has 2 aromatic heterocycles. The third kappa shape index (κ3) is 2.07. The summed E-state index contributed by atoms with van der Waals surface area (Å²) in [7, 11) is 0. The number of hydrogen-bond donors (Lipinski definition) is 4. The zero-order valence-electron chi connectivity index (χ0n) is 11.6. The predicted octanol–water partition coefficient (Wildman–Crippen LogP) is -1.05. The van der Waals surface area contributed by atoms with Crippen molar-refractivity contribution in [3.8, 4) is 0 Å². The SMILES string of the molecule is Cc1nc2c(c(C)cn2[C@@H]2O[C@H](CO)[C@@H](O)[C@H]2O)c(=O)[nH]1. The maximum absolute atomic E-state index is 12.0. The maximum atomic E-state index is 12.0. The fourth-order valence-electron chi connectivity index (χ4n) is 2.75. The van der Waals surface area contributed by atoms with Crippen LogP contribution in [0.5, 0.6) is 0 Å². The fourth-order valence-corrected chi connectivity index (χ4v) is 2.75. The van der Waals surface area contributed by atoms with Crippen molar-refractivity contribution in [2.45, 2.75) is 38.4 Å². The van der Waals surface area contributed by atoms with E-state index in [1.165, 1.54) is 4.57 Å². The fraction of sp³-hybridized carbons (Fsp3) is 0.538. The van der Waals surface area contributed by atoms with Crippen LogP contribution in [0.3, 0.4) is 0 Å². The summed E-state index contributed by atoms with van der Waals surface area (Å²) in [5.74, 6) is 0.443. The summed E-state index contributed by atoms with van der Waals surface area (Å²) < 4.78 is 7.01. The van der Waals surface area contributed by atoms with E-state index < -0.39 is 31.1 Å². The molecule has 21 heavy (non-hydrogen) atoms. The third-order valence-electron chi connectivity index (χ3n) is 3.78. The lowest BCUT2D eigenvalue weighted by atomic mass is 10.1. The molecule has 114 valence electrons. The number of ether oxygens (including phenoxy) is 1. The van der Waals surface area contributed by atoms with Crippen molar-refractivity contribution < 1.29 is 20.1 Å². The Labute approximate surface area is 119 Å². The van der Waals surface area contributed by atoms with Gasteiger partial charge in [0, 0.05) is 6.20 Å². The number of aliphatic hydroxyl groups is 3. The number of nitrogens with one attached hydrogen (secondary N) is 1. The molecular weight excluding hydrogens is 278 g/mol. The number of aliphatic hydroxyl groups excluding tert-OH is 3. The molecular formula is C13H17N3O5. The van der Waals surface area contributed by atoms with Gasteiger partial charge in [-0.05, 0) is 19.4 Å². The number of hydrogen-bond acceptors (Lipinski definition) is 6. The second-order valence-corrected chi connectivity index (χ2v) is 5.30. The van der Waals surface area contributed by atoms with Gasteiger partial charge < -0.3 is 29.6 Å². The Kier molecular flexibility index (Phi) is 3.33. The lowest BCUT2D eigenvalue weighted by molar-refractivity contribution is -0.0509. The first kappa shape index (κ1) is 14.2. The van der Waals surface area contributed by atoms with Gasteiger partial charge >= 0.3 is 0 Å². The van der Waals surface area contributed by atoms with Crippen molar-refractivity contribution >= 4 is 11.0 Å². The minimum Gasteiger partial charge on any atom is -0.394 e. The van der Waals surface area contributed by atoms with Crippen LogP contribution in [-0.4, -0.2) is 54.8 Å². The Morgan fingerprint density at radius 2 is 2.10 bits per heavy atom. The van der Waals surface area contributed by atoms with E-state index in [9.17, 15) is 15.0 Å². The molecule has 2 aromatic rings. The second-order valence-electron chi connectivity index (χ2n) is 5.30.